The van der Waals surface area contributed by atoms with Crippen LogP contribution in [-0.4, -0.2) is 55.1 Å². The standard InChI is InChI=1S/C13H23BrN4O2/c1-4-20-9-5-6-15-11-10-16-18(8-7-17(2)3)13(19)12(11)14/h10,15H,4-9H2,1-3H3. The van der Waals surface area contributed by atoms with E-state index in [2.05, 4.69) is 26.3 Å². The lowest BCUT2D eigenvalue weighted by Gasteiger charge is -2.12. The molecule has 0 amide bonds. The summed E-state index contributed by atoms with van der Waals surface area (Å²) in [5.41, 5.74) is 0.620. The fraction of sp³-hybridized carbons (Fsp3) is 0.692. The van der Waals surface area contributed by atoms with Crippen LogP contribution in [0.5, 0.6) is 0 Å². The van der Waals surface area contributed by atoms with E-state index in [1.807, 2.05) is 25.9 Å². The van der Waals surface area contributed by atoms with Crippen LogP contribution in [0.1, 0.15) is 13.3 Å². The molecule has 0 aromatic carbocycles. The van der Waals surface area contributed by atoms with Crippen LogP contribution in [0, 0.1) is 0 Å². The van der Waals surface area contributed by atoms with Gasteiger partial charge in [-0.15, -0.1) is 0 Å². The first-order chi connectivity index (χ1) is 9.56. The van der Waals surface area contributed by atoms with Crippen molar-refractivity contribution in [3.8, 4) is 0 Å². The molecule has 0 aliphatic rings. The molecule has 0 spiro atoms. The summed E-state index contributed by atoms with van der Waals surface area (Å²) >= 11 is 3.34. The van der Waals surface area contributed by atoms with Crippen LogP contribution in [0.15, 0.2) is 15.5 Å². The summed E-state index contributed by atoms with van der Waals surface area (Å²) in [6, 6.07) is 0. The number of hydrogen-bond acceptors (Lipinski definition) is 5. The van der Waals surface area contributed by atoms with E-state index in [1.54, 1.807) is 6.20 Å². The van der Waals surface area contributed by atoms with Crippen molar-refractivity contribution in [1.29, 1.82) is 0 Å². The Morgan fingerprint density at radius 1 is 1.50 bits per heavy atom. The van der Waals surface area contributed by atoms with Crippen molar-refractivity contribution in [2.75, 3.05) is 45.7 Å². The maximum absolute atomic E-state index is 12.1. The average Bonchev–Trinajstić information content (AvgIpc) is 2.42. The second kappa shape index (κ2) is 9.10. The summed E-state index contributed by atoms with van der Waals surface area (Å²) in [6.07, 6.45) is 2.58. The van der Waals surface area contributed by atoms with Crippen molar-refractivity contribution < 1.29 is 4.74 Å². The van der Waals surface area contributed by atoms with Gasteiger partial charge in [0.2, 0.25) is 0 Å². The minimum atomic E-state index is -0.110. The first kappa shape index (κ1) is 17.1. The third-order valence-corrected chi connectivity index (χ3v) is 3.50. The molecule has 20 heavy (non-hydrogen) atoms. The third-order valence-electron chi connectivity index (χ3n) is 2.73. The van der Waals surface area contributed by atoms with Gasteiger partial charge in [0.15, 0.2) is 0 Å². The van der Waals surface area contributed by atoms with Gasteiger partial charge in [0.05, 0.1) is 18.4 Å². The molecule has 0 unspecified atom stereocenters. The van der Waals surface area contributed by atoms with Crippen molar-refractivity contribution >= 4 is 21.6 Å². The molecule has 0 atom stereocenters. The monoisotopic (exact) mass is 346 g/mol. The predicted octanol–water partition coefficient (Wildman–Crippen LogP) is 1.41. The topological polar surface area (TPSA) is 59.4 Å². The highest BCUT2D eigenvalue weighted by atomic mass is 79.9. The molecule has 114 valence electrons. The van der Waals surface area contributed by atoms with Crippen LogP contribution in [0.4, 0.5) is 5.69 Å². The highest BCUT2D eigenvalue weighted by Gasteiger charge is 2.08. The Kier molecular flexibility index (Phi) is 7.79. The summed E-state index contributed by atoms with van der Waals surface area (Å²) in [6.45, 7) is 5.53. The number of halogens is 1. The average molecular weight is 347 g/mol. The fourth-order valence-corrected chi connectivity index (χ4v) is 2.03. The third kappa shape index (κ3) is 5.60. The van der Waals surface area contributed by atoms with Crippen LogP contribution < -0.4 is 10.9 Å². The van der Waals surface area contributed by atoms with Gasteiger partial charge in [0.1, 0.15) is 4.47 Å². The number of ether oxygens (including phenoxy) is 1. The van der Waals surface area contributed by atoms with E-state index < -0.39 is 0 Å². The minimum Gasteiger partial charge on any atom is -0.383 e. The lowest BCUT2D eigenvalue weighted by molar-refractivity contribution is 0.147. The first-order valence-corrected chi connectivity index (χ1v) is 7.57. The van der Waals surface area contributed by atoms with Crippen molar-refractivity contribution in [1.82, 2.24) is 14.7 Å². The number of hydrogen-bond donors (Lipinski definition) is 1. The molecule has 1 rings (SSSR count). The predicted molar refractivity (Wildman–Crippen MR) is 84.4 cm³/mol. The quantitative estimate of drug-likeness (QED) is 0.685. The Morgan fingerprint density at radius 3 is 2.90 bits per heavy atom. The van der Waals surface area contributed by atoms with Crippen molar-refractivity contribution in [2.45, 2.75) is 19.9 Å². The van der Waals surface area contributed by atoms with Gasteiger partial charge in [-0.2, -0.15) is 5.10 Å². The number of rotatable bonds is 9. The number of aromatic nitrogens is 2. The SMILES string of the molecule is CCOCCCNc1cnn(CCN(C)C)c(=O)c1Br. The molecule has 1 aromatic rings. The van der Waals surface area contributed by atoms with Crippen molar-refractivity contribution in [2.24, 2.45) is 0 Å². The van der Waals surface area contributed by atoms with Gasteiger partial charge in [-0.3, -0.25) is 4.79 Å². The zero-order valence-corrected chi connectivity index (χ0v) is 13.9. The molecule has 0 radical (unpaired) electrons. The highest BCUT2D eigenvalue weighted by molar-refractivity contribution is 9.10. The van der Waals surface area contributed by atoms with Crippen LogP contribution in [0.2, 0.25) is 0 Å². The van der Waals surface area contributed by atoms with E-state index >= 15 is 0 Å². The second-order valence-electron chi connectivity index (χ2n) is 4.68. The number of likely N-dealkylation sites (N-methyl/N-ethyl adjacent to an activating group) is 1. The molecule has 6 nitrogen and oxygen atoms in total. The van der Waals surface area contributed by atoms with E-state index in [9.17, 15) is 4.79 Å². The Bertz CT molecular complexity index is 462. The van der Waals surface area contributed by atoms with Gasteiger partial charge in [-0.05, 0) is 43.4 Å². The molecule has 0 aliphatic heterocycles. The molecule has 7 heteroatoms. The van der Waals surface area contributed by atoms with Gasteiger partial charge in [0, 0.05) is 26.3 Å². The molecular weight excluding hydrogens is 324 g/mol. The molecule has 0 aliphatic carbocycles. The molecule has 0 fully saturated rings. The smallest absolute Gasteiger partial charge is 0.283 e. The van der Waals surface area contributed by atoms with E-state index in [1.165, 1.54) is 4.68 Å². The zero-order chi connectivity index (χ0) is 15.0. The van der Waals surface area contributed by atoms with E-state index in [4.69, 9.17) is 4.74 Å². The van der Waals surface area contributed by atoms with Gasteiger partial charge < -0.3 is 15.0 Å². The highest BCUT2D eigenvalue weighted by Crippen LogP contribution is 2.15. The summed E-state index contributed by atoms with van der Waals surface area (Å²) in [4.78, 5) is 14.1. The van der Waals surface area contributed by atoms with Gasteiger partial charge in [0.25, 0.3) is 5.56 Å². The Labute approximate surface area is 128 Å². The number of nitrogens with zero attached hydrogens (tertiary/aromatic N) is 3. The van der Waals surface area contributed by atoms with Crippen molar-refractivity contribution in [3.05, 3.63) is 21.0 Å². The zero-order valence-electron chi connectivity index (χ0n) is 12.4. The molecule has 0 bridgehead atoms. The van der Waals surface area contributed by atoms with Crippen molar-refractivity contribution in [3.63, 3.8) is 0 Å². The normalized spacial score (nSPS) is 11.1. The molecule has 0 saturated carbocycles. The molecule has 1 heterocycles. The fourth-order valence-electron chi connectivity index (χ4n) is 1.58. The number of nitrogens with one attached hydrogen (secondary N) is 1. The minimum absolute atomic E-state index is 0.110. The van der Waals surface area contributed by atoms with Gasteiger partial charge in [-0.1, -0.05) is 0 Å². The largest absolute Gasteiger partial charge is 0.383 e. The number of anilines is 1. The van der Waals surface area contributed by atoms with Crippen LogP contribution >= 0.6 is 15.9 Å². The summed E-state index contributed by atoms with van der Waals surface area (Å²) in [5, 5.41) is 7.37. The molecule has 1 aromatic heterocycles. The Morgan fingerprint density at radius 2 is 2.25 bits per heavy atom. The second-order valence-corrected chi connectivity index (χ2v) is 5.47. The lowest BCUT2D eigenvalue weighted by atomic mass is 10.4. The summed E-state index contributed by atoms with van der Waals surface area (Å²) in [7, 11) is 3.93. The Hall–Kier alpha value is -0.920. The van der Waals surface area contributed by atoms with Crippen LogP contribution in [-0.2, 0) is 11.3 Å². The maximum Gasteiger partial charge on any atom is 0.283 e. The molecule has 1 N–H and O–H groups in total. The molecule has 0 saturated heterocycles. The van der Waals surface area contributed by atoms with E-state index in [0.717, 1.165) is 31.8 Å². The summed E-state index contributed by atoms with van der Waals surface area (Å²) < 4.78 is 7.26. The summed E-state index contributed by atoms with van der Waals surface area (Å²) in [5.74, 6) is 0. The lowest BCUT2D eigenvalue weighted by Crippen LogP contribution is -2.29. The van der Waals surface area contributed by atoms with Crippen LogP contribution in [0.3, 0.4) is 0 Å². The first-order valence-electron chi connectivity index (χ1n) is 6.78. The maximum atomic E-state index is 12.1. The van der Waals surface area contributed by atoms with E-state index in [0.29, 0.717) is 17.6 Å². The molecular formula is C13H23BrN4O2. The van der Waals surface area contributed by atoms with Gasteiger partial charge >= 0.3 is 0 Å². The van der Waals surface area contributed by atoms with Gasteiger partial charge in [-0.25, -0.2) is 4.68 Å². The van der Waals surface area contributed by atoms with E-state index in [-0.39, 0.29) is 5.56 Å². The Balaban J connectivity index is 2.57. The van der Waals surface area contributed by atoms with Crippen LogP contribution in [0.25, 0.3) is 0 Å².